The van der Waals surface area contributed by atoms with E-state index in [0.717, 1.165) is 6.54 Å². The molecule has 1 spiro atoms. The van der Waals surface area contributed by atoms with Crippen LogP contribution < -0.4 is 5.32 Å². The lowest BCUT2D eigenvalue weighted by Gasteiger charge is -2.08. The first-order valence-electron chi connectivity index (χ1n) is 3.77. The molecular weight excluding hydrogens is 146 g/mol. The lowest BCUT2D eigenvalue weighted by Crippen LogP contribution is -2.21. The Hall–Kier alpha value is -0.0100. The SMILES string of the molecule is C1=CCC2(CC2)CNC1.Cl. The Balaban J connectivity index is 0.000000500. The lowest BCUT2D eigenvalue weighted by molar-refractivity contribution is 0.488. The molecule has 0 aromatic heterocycles. The molecule has 0 radical (unpaired) electrons. The van der Waals surface area contributed by atoms with Crippen molar-refractivity contribution in [2.75, 3.05) is 13.1 Å². The smallest absolute Gasteiger partial charge is 0.0135 e. The van der Waals surface area contributed by atoms with Crippen LogP contribution in [0.1, 0.15) is 19.3 Å². The minimum absolute atomic E-state index is 0. The van der Waals surface area contributed by atoms with E-state index in [2.05, 4.69) is 17.5 Å². The molecule has 2 aliphatic rings. The summed E-state index contributed by atoms with van der Waals surface area (Å²) in [4.78, 5) is 0. The topological polar surface area (TPSA) is 12.0 Å². The lowest BCUT2D eigenvalue weighted by atomic mass is 10.0. The van der Waals surface area contributed by atoms with Crippen molar-refractivity contribution < 1.29 is 0 Å². The average Bonchev–Trinajstić information content (AvgIpc) is 2.64. The van der Waals surface area contributed by atoms with Gasteiger partial charge in [0.05, 0.1) is 0 Å². The Bertz CT molecular complexity index is 138. The van der Waals surface area contributed by atoms with Crippen molar-refractivity contribution in [2.24, 2.45) is 5.41 Å². The largest absolute Gasteiger partial charge is 0.313 e. The number of allylic oxidation sites excluding steroid dienone is 1. The van der Waals surface area contributed by atoms with Crippen LogP contribution in [0.25, 0.3) is 0 Å². The standard InChI is InChI=1S/C8H13N.ClH/c1-2-6-9-7-8(3-1)4-5-8;/h1-2,9H,3-7H2;1H. The van der Waals surface area contributed by atoms with Gasteiger partial charge in [0.15, 0.2) is 0 Å². The Morgan fingerprint density at radius 1 is 1.20 bits per heavy atom. The summed E-state index contributed by atoms with van der Waals surface area (Å²) in [6.07, 6.45) is 8.79. The molecule has 10 heavy (non-hydrogen) atoms. The third-order valence-electron chi connectivity index (χ3n) is 2.44. The van der Waals surface area contributed by atoms with Gasteiger partial charge in [-0.3, -0.25) is 0 Å². The maximum Gasteiger partial charge on any atom is 0.0135 e. The quantitative estimate of drug-likeness (QED) is 0.531. The molecule has 0 saturated heterocycles. The van der Waals surface area contributed by atoms with E-state index in [1.807, 2.05) is 0 Å². The fourth-order valence-corrected chi connectivity index (χ4v) is 1.47. The van der Waals surface area contributed by atoms with Gasteiger partial charge in [0.2, 0.25) is 0 Å². The number of halogens is 1. The maximum atomic E-state index is 3.41. The van der Waals surface area contributed by atoms with E-state index in [-0.39, 0.29) is 12.4 Å². The van der Waals surface area contributed by atoms with Crippen molar-refractivity contribution in [2.45, 2.75) is 19.3 Å². The molecule has 58 valence electrons. The van der Waals surface area contributed by atoms with Crippen LogP contribution in [0.15, 0.2) is 12.2 Å². The second-order valence-electron chi connectivity index (χ2n) is 3.31. The fourth-order valence-electron chi connectivity index (χ4n) is 1.47. The Kier molecular flexibility index (Phi) is 2.37. The van der Waals surface area contributed by atoms with E-state index in [4.69, 9.17) is 0 Å². The molecule has 1 heterocycles. The van der Waals surface area contributed by atoms with Crippen molar-refractivity contribution >= 4 is 12.4 Å². The number of hydrogen-bond donors (Lipinski definition) is 1. The highest BCUT2D eigenvalue weighted by molar-refractivity contribution is 5.85. The molecule has 1 fully saturated rings. The van der Waals surface area contributed by atoms with Crippen molar-refractivity contribution in [3.8, 4) is 0 Å². The molecule has 0 atom stereocenters. The van der Waals surface area contributed by atoms with Gasteiger partial charge in [-0.2, -0.15) is 0 Å². The van der Waals surface area contributed by atoms with Crippen molar-refractivity contribution in [1.29, 1.82) is 0 Å². The summed E-state index contributed by atoms with van der Waals surface area (Å²) < 4.78 is 0. The third kappa shape index (κ3) is 1.53. The molecule has 1 aliphatic carbocycles. The maximum absolute atomic E-state index is 3.41. The number of nitrogens with one attached hydrogen (secondary N) is 1. The Morgan fingerprint density at radius 2 is 2.00 bits per heavy atom. The number of hydrogen-bond acceptors (Lipinski definition) is 1. The molecule has 0 aromatic carbocycles. The van der Waals surface area contributed by atoms with Crippen LogP contribution in [0.4, 0.5) is 0 Å². The molecule has 1 nitrogen and oxygen atoms in total. The Labute approximate surface area is 68.3 Å². The number of rotatable bonds is 0. The second kappa shape index (κ2) is 2.93. The summed E-state index contributed by atoms with van der Waals surface area (Å²) in [7, 11) is 0. The van der Waals surface area contributed by atoms with Gasteiger partial charge in [-0.15, -0.1) is 12.4 Å². The molecule has 0 bridgehead atoms. The summed E-state index contributed by atoms with van der Waals surface area (Å²) >= 11 is 0. The van der Waals surface area contributed by atoms with Crippen LogP contribution in [0.2, 0.25) is 0 Å². The van der Waals surface area contributed by atoms with Gasteiger partial charge in [0.1, 0.15) is 0 Å². The van der Waals surface area contributed by atoms with Gasteiger partial charge in [-0.05, 0) is 24.7 Å². The van der Waals surface area contributed by atoms with Crippen LogP contribution in [-0.4, -0.2) is 13.1 Å². The summed E-state index contributed by atoms with van der Waals surface area (Å²) in [5.74, 6) is 0. The molecule has 2 heteroatoms. The molecule has 2 rings (SSSR count). The summed E-state index contributed by atoms with van der Waals surface area (Å²) in [6, 6.07) is 0. The highest BCUT2D eigenvalue weighted by atomic mass is 35.5. The van der Waals surface area contributed by atoms with Crippen molar-refractivity contribution in [1.82, 2.24) is 5.32 Å². The molecule has 0 amide bonds. The molecule has 0 unspecified atom stereocenters. The average molecular weight is 160 g/mol. The highest BCUT2D eigenvalue weighted by Gasteiger charge is 2.40. The first-order chi connectivity index (χ1) is 4.41. The van der Waals surface area contributed by atoms with E-state index in [0.29, 0.717) is 5.41 Å². The van der Waals surface area contributed by atoms with E-state index in [1.54, 1.807) is 0 Å². The van der Waals surface area contributed by atoms with Gasteiger partial charge in [0.25, 0.3) is 0 Å². The monoisotopic (exact) mass is 159 g/mol. The van der Waals surface area contributed by atoms with Crippen LogP contribution in [0.5, 0.6) is 0 Å². The van der Waals surface area contributed by atoms with Crippen LogP contribution in [0.3, 0.4) is 0 Å². The van der Waals surface area contributed by atoms with Gasteiger partial charge in [-0.1, -0.05) is 12.2 Å². The Morgan fingerprint density at radius 3 is 2.70 bits per heavy atom. The summed E-state index contributed by atoms with van der Waals surface area (Å²) in [6.45, 7) is 2.34. The first kappa shape index (κ1) is 8.09. The normalized spacial score (nSPS) is 27.2. The van der Waals surface area contributed by atoms with Gasteiger partial charge in [0, 0.05) is 13.1 Å². The van der Waals surface area contributed by atoms with E-state index in [1.165, 1.54) is 25.8 Å². The fraction of sp³-hybridized carbons (Fsp3) is 0.750. The highest BCUT2D eigenvalue weighted by Crippen LogP contribution is 2.48. The van der Waals surface area contributed by atoms with E-state index < -0.39 is 0 Å². The predicted octanol–water partition coefficient (Wildman–Crippen LogP) is 1.74. The molecule has 0 aromatic rings. The summed E-state index contributed by atoms with van der Waals surface area (Å²) in [5, 5.41) is 3.41. The van der Waals surface area contributed by atoms with E-state index >= 15 is 0 Å². The van der Waals surface area contributed by atoms with Crippen LogP contribution in [-0.2, 0) is 0 Å². The van der Waals surface area contributed by atoms with Crippen LogP contribution in [0, 0.1) is 5.41 Å². The zero-order valence-electron chi connectivity index (χ0n) is 6.10. The zero-order chi connectivity index (χ0) is 6.16. The predicted molar refractivity (Wildman–Crippen MR) is 45.5 cm³/mol. The van der Waals surface area contributed by atoms with Gasteiger partial charge < -0.3 is 5.32 Å². The molecule has 1 N–H and O–H groups in total. The van der Waals surface area contributed by atoms with E-state index in [9.17, 15) is 0 Å². The van der Waals surface area contributed by atoms with Crippen molar-refractivity contribution in [3.63, 3.8) is 0 Å². The summed E-state index contributed by atoms with van der Waals surface area (Å²) in [5.41, 5.74) is 0.715. The molecular formula is C8H14ClN. The molecule has 1 aliphatic heterocycles. The minimum atomic E-state index is 0. The second-order valence-corrected chi connectivity index (χ2v) is 3.31. The third-order valence-corrected chi connectivity index (χ3v) is 2.44. The van der Waals surface area contributed by atoms with Crippen molar-refractivity contribution in [3.05, 3.63) is 12.2 Å². The first-order valence-corrected chi connectivity index (χ1v) is 3.77. The minimum Gasteiger partial charge on any atom is -0.313 e. The van der Waals surface area contributed by atoms with Crippen LogP contribution >= 0.6 is 12.4 Å². The van der Waals surface area contributed by atoms with Gasteiger partial charge >= 0.3 is 0 Å². The van der Waals surface area contributed by atoms with Gasteiger partial charge in [-0.25, -0.2) is 0 Å². The zero-order valence-corrected chi connectivity index (χ0v) is 6.91. The molecule has 1 saturated carbocycles.